The van der Waals surface area contributed by atoms with Gasteiger partial charge in [-0.05, 0) is 135 Å². The first-order chi connectivity index (χ1) is 32.1. The highest BCUT2D eigenvalue weighted by Gasteiger charge is 2.37. The standard InChI is InChI=1S/C46H71N9O13S/c1-26-27(2)37(28(3)31-25-46(7,8)67-36(26)31)69(64,65)55-43(62)51-23-12-14-32(47)38(57)49-21-11-10-15-33(39(58)53-35(41(60)66-9)24-29-17-19-30(56)20-18-29)52-40(59)34(16-13-22-50-42(48)61)54-44(63)68-45(4,5)6/h17-20,32-35,56H,10-16,21-25,47H2,1-9H3,(H,49,57)(H,52,59)(H,53,58)(H,54,63)(H3,48,50,61)(H2,51,55,62)/t32?,33-,34-,35-/m0/s1. The van der Waals surface area contributed by atoms with Crippen molar-refractivity contribution in [1.29, 1.82) is 0 Å². The fourth-order valence-electron chi connectivity index (χ4n) is 7.58. The van der Waals surface area contributed by atoms with Gasteiger partial charge in [-0.2, -0.15) is 0 Å². The van der Waals surface area contributed by atoms with E-state index in [0.29, 0.717) is 40.8 Å². The number of carbonyl (C=O) groups excluding carboxylic acids is 7. The molecule has 2 aromatic carbocycles. The van der Waals surface area contributed by atoms with E-state index in [1.165, 1.54) is 12.1 Å². The van der Waals surface area contributed by atoms with Crippen LogP contribution in [0.1, 0.15) is 107 Å². The number of primary amides is 1. The number of phenols is 1. The van der Waals surface area contributed by atoms with E-state index in [-0.39, 0.29) is 75.2 Å². The Morgan fingerprint density at radius 1 is 0.768 bits per heavy atom. The van der Waals surface area contributed by atoms with Crippen molar-refractivity contribution >= 4 is 51.9 Å². The maximum absolute atomic E-state index is 13.9. The first kappa shape index (κ1) is 57.0. The maximum Gasteiger partial charge on any atom is 0.408 e. The highest BCUT2D eigenvalue weighted by molar-refractivity contribution is 7.90. The number of unbranched alkanes of at least 4 members (excludes halogenated alkanes) is 1. The van der Waals surface area contributed by atoms with Crippen LogP contribution in [0.4, 0.5) is 14.4 Å². The number of hydrogen-bond acceptors (Lipinski definition) is 14. The van der Waals surface area contributed by atoms with E-state index in [2.05, 4.69) is 36.6 Å². The first-order valence-corrected chi connectivity index (χ1v) is 24.3. The molecule has 0 bridgehead atoms. The summed E-state index contributed by atoms with van der Waals surface area (Å²) in [4.78, 5) is 90.1. The molecule has 69 heavy (non-hydrogen) atoms. The van der Waals surface area contributed by atoms with Gasteiger partial charge in [0, 0.05) is 38.0 Å². The number of aromatic hydroxyl groups is 1. The summed E-state index contributed by atoms with van der Waals surface area (Å²) in [5.74, 6) is -2.12. The van der Waals surface area contributed by atoms with E-state index in [1.54, 1.807) is 53.7 Å². The topological polar surface area (TPSA) is 338 Å². The summed E-state index contributed by atoms with van der Waals surface area (Å²) in [6.07, 6.45) is 0.779. The lowest BCUT2D eigenvalue weighted by molar-refractivity contribution is -0.145. The quantitative estimate of drug-likeness (QED) is 0.0533. The molecule has 0 aliphatic carbocycles. The molecular formula is C46H71N9O13S. The molecule has 12 N–H and O–H groups in total. The van der Waals surface area contributed by atoms with Crippen molar-refractivity contribution in [2.75, 3.05) is 26.7 Å². The second-order valence-electron chi connectivity index (χ2n) is 18.6. The number of nitrogens with one attached hydrogen (secondary N) is 7. The Kier molecular flexibility index (Phi) is 20.9. The molecule has 2 aromatic rings. The number of carbonyl (C=O) groups is 7. The van der Waals surface area contributed by atoms with Crippen molar-refractivity contribution in [3.05, 3.63) is 52.1 Å². The minimum atomic E-state index is -4.25. The minimum Gasteiger partial charge on any atom is -0.508 e. The van der Waals surface area contributed by atoms with Crippen LogP contribution in [-0.2, 0) is 51.5 Å². The number of rotatable bonds is 24. The summed E-state index contributed by atoms with van der Waals surface area (Å²) in [6, 6.07) is -0.406. The third-order valence-electron chi connectivity index (χ3n) is 11.1. The average Bonchev–Trinajstić information content (AvgIpc) is 3.59. The number of ether oxygens (including phenoxy) is 3. The first-order valence-electron chi connectivity index (χ1n) is 22.8. The van der Waals surface area contributed by atoms with Gasteiger partial charge in [0.05, 0.1) is 18.0 Å². The normalized spacial score (nSPS) is 14.6. The molecule has 3 rings (SSSR count). The zero-order chi connectivity index (χ0) is 51.9. The van der Waals surface area contributed by atoms with E-state index in [0.717, 1.165) is 12.7 Å². The zero-order valence-electron chi connectivity index (χ0n) is 41.0. The predicted octanol–water partition coefficient (Wildman–Crippen LogP) is 2.14. The van der Waals surface area contributed by atoms with Crippen molar-refractivity contribution in [2.45, 2.75) is 153 Å². The fourth-order valence-corrected chi connectivity index (χ4v) is 9.08. The highest BCUT2D eigenvalue weighted by Crippen LogP contribution is 2.43. The second-order valence-corrected chi connectivity index (χ2v) is 20.2. The van der Waals surface area contributed by atoms with Crippen molar-refractivity contribution in [1.82, 2.24) is 36.6 Å². The number of esters is 1. The van der Waals surface area contributed by atoms with Gasteiger partial charge >= 0.3 is 24.1 Å². The SMILES string of the molecule is COC(=O)[C@H](Cc1ccc(O)cc1)NC(=O)[C@H](CCCCNC(=O)C(N)CCCNC(=O)NS(=O)(=O)c1c(C)c(C)c2c(c1C)CC(C)(C)O2)NC(=O)[C@H](CCCNC(N)=O)NC(=O)OC(C)(C)C. The minimum absolute atomic E-state index is 0.00318. The molecule has 22 nitrogen and oxygen atoms in total. The van der Waals surface area contributed by atoms with Crippen LogP contribution < -0.4 is 52.8 Å². The summed E-state index contributed by atoms with van der Waals surface area (Å²) in [5.41, 5.74) is 12.9. The molecule has 0 radical (unpaired) electrons. The molecule has 1 aliphatic rings. The largest absolute Gasteiger partial charge is 0.508 e. The molecule has 4 atom stereocenters. The third kappa shape index (κ3) is 18.2. The van der Waals surface area contributed by atoms with Crippen LogP contribution in [0.3, 0.4) is 0 Å². The summed E-state index contributed by atoms with van der Waals surface area (Å²) in [5, 5.41) is 25.2. The zero-order valence-corrected chi connectivity index (χ0v) is 41.8. The second kappa shape index (κ2) is 25.3. The Balaban J connectivity index is 1.60. The van der Waals surface area contributed by atoms with Crippen LogP contribution in [-0.4, -0.2) is 117 Å². The number of methoxy groups -OCH3 is 1. The molecule has 0 spiro atoms. The molecule has 384 valence electrons. The Bertz CT molecular complexity index is 2280. The van der Waals surface area contributed by atoms with Crippen LogP contribution in [0.5, 0.6) is 11.5 Å². The molecule has 8 amide bonds. The van der Waals surface area contributed by atoms with Crippen molar-refractivity contribution in [3.63, 3.8) is 0 Å². The average molecular weight is 990 g/mol. The number of sulfonamides is 1. The van der Waals surface area contributed by atoms with E-state index < -0.39 is 87.2 Å². The number of alkyl carbamates (subject to hydrolysis) is 1. The molecular weight excluding hydrogens is 919 g/mol. The number of hydrogen-bond donors (Lipinski definition) is 10. The Morgan fingerprint density at radius 3 is 1.94 bits per heavy atom. The van der Waals surface area contributed by atoms with E-state index in [1.807, 2.05) is 13.8 Å². The number of benzene rings is 2. The van der Waals surface area contributed by atoms with E-state index in [4.69, 9.17) is 25.7 Å². The Hall–Kier alpha value is -6.36. The van der Waals surface area contributed by atoms with Gasteiger partial charge in [0.25, 0.3) is 10.0 Å². The molecule has 0 saturated carbocycles. The summed E-state index contributed by atoms with van der Waals surface area (Å²) >= 11 is 0. The number of phenolic OH excluding ortho intramolecular Hbond substituents is 1. The maximum atomic E-state index is 13.9. The van der Waals surface area contributed by atoms with Gasteiger partial charge in [0.1, 0.15) is 40.8 Å². The number of amides is 8. The lowest BCUT2D eigenvalue weighted by Crippen LogP contribution is -2.56. The van der Waals surface area contributed by atoms with Gasteiger partial charge in [0.15, 0.2) is 0 Å². The van der Waals surface area contributed by atoms with E-state index >= 15 is 0 Å². The predicted molar refractivity (Wildman–Crippen MR) is 255 cm³/mol. The lowest BCUT2D eigenvalue weighted by atomic mass is 9.94. The van der Waals surface area contributed by atoms with Gasteiger partial charge in [-0.3, -0.25) is 14.4 Å². The molecule has 23 heteroatoms. The molecule has 0 aromatic heterocycles. The van der Waals surface area contributed by atoms with Gasteiger partial charge < -0.3 is 62.7 Å². The van der Waals surface area contributed by atoms with E-state index in [9.17, 15) is 47.1 Å². The van der Waals surface area contributed by atoms with Crippen molar-refractivity contribution < 1.29 is 61.3 Å². The Labute approximate surface area is 403 Å². The van der Waals surface area contributed by atoms with Crippen LogP contribution >= 0.6 is 0 Å². The summed E-state index contributed by atoms with van der Waals surface area (Å²) < 4.78 is 45.3. The Morgan fingerprint density at radius 2 is 1.33 bits per heavy atom. The van der Waals surface area contributed by atoms with Crippen LogP contribution in [0, 0.1) is 20.8 Å². The highest BCUT2D eigenvalue weighted by atomic mass is 32.2. The smallest absolute Gasteiger partial charge is 0.408 e. The van der Waals surface area contributed by atoms with Gasteiger partial charge in [-0.1, -0.05) is 12.1 Å². The van der Waals surface area contributed by atoms with Gasteiger partial charge in [0.2, 0.25) is 17.7 Å². The molecule has 0 saturated heterocycles. The van der Waals surface area contributed by atoms with Crippen LogP contribution in [0.15, 0.2) is 29.2 Å². The molecule has 0 fully saturated rings. The number of nitrogens with two attached hydrogens (primary N) is 2. The van der Waals surface area contributed by atoms with Crippen LogP contribution in [0.2, 0.25) is 0 Å². The number of fused-ring (bicyclic) bond motifs is 1. The number of urea groups is 2. The molecule has 1 heterocycles. The third-order valence-corrected chi connectivity index (χ3v) is 12.7. The van der Waals surface area contributed by atoms with Gasteiger partial charge in [-0.15, -0.1) is 0 Å². The van der Waals surface area contributed by atoms with Crippen LogP contribution in [0.25, 0.3) is 0 Å². The van der Waals surface area contributed by atoms with Gasteiger partial charge in [-0.25, -0.2) is 32.3 Å². The van der Waals surface area contributed by atoms with Crippen molar-refractivity contribution in [3.8, 4) is 11.5 Å². The van der Waals surface area contributed by atoms with Crippen molar-refractivity contribution in [2.24, 2.45) is 11.5 Å². The lowest BCUT2D eigenvalue weighted by Gasteiger charge is -2.26. The monoisotopic (exact) mass is 989 g/mol. The fraction of sp³-hybridized carbons (Fsp3) is 0.587. The molecule has 1 aliphatic heterocycles. The summed E-state index contributed by atoms with van der Waals surface area (Å²) in [6.45, 7) is 14.1. The molecule has 1 unspecified atom stereocenters. The summed E-state index contributed by atoms with van der Waals surface area (Å²) in [7, 11) is -3.10.